The summed E-state index contributed by atoms with van der Waals surface area (Å²) in [6.45, 7) is 8.28. The molecular formula is C15H27N3O4. The molecule has 3 amide bonds. The number of ether oxygens (including phenoxy) is 1. The summed E-state index contributed by atoms with van der Waals surface area (Å²) in [5.74, 6) is 0.250. The molecule has 0 aromatic rings. The first kappa shape index (κ1) is 18.4. The van der Waals surface area contributed by atoms with Gasteiger partial charge in [-0.3, -0.25) is 19.8 Å². The Morgan fingerprint density at radius 3 is 2.36 bits per heavy atom. The van der Waals surface area contributed by atoms with Gasteiger partial charge < -0.3 is 9.64 Å². The third-order valence-electron chi connectivity index (χ3n) is 3.83. The maximum Gasteiger partial charge on any atom is 0.413 e. The molecule has 0 spiro atoms. The van der Waals surface area contributed by atoms with Gasteiger partial charge in [0.05, 0.1) is 19.7 Å². The molecule has 7 nitrogen and oxygen atoms in total. The van der Waals surface area contributed by atoms with Crippen LogP contribution >= 0.6 is 0 Å². The van der Waals surface area contributed by atoms with Gasteiger partial charge >= 0.3 is 6.09 Å². The Labute approximate surface area is 132 Å². The number of carbonyl (C=O) groups is 3. The third-order valence-corrected chi connectivity index (χ3v) is 3.83. The van der Waals surface area contributed by atoms with Crippen molar-refractivity contribution in [1.82, 2.24) is 15.1 Å². The van der Waals surface area contributed by atoms with Crippen LogP contribution < -0.4 is 5.32 Å². The Morgan fingerprint density at radius 1 is 1.18 bits per heavy atom. The lowest BCUT2D eigenvalue weighted by atomic mass is 9.99. The van der Waals surface area contributed by atoms with Gasteiger partial charge in [0.25, 0.3) is 0 Å². The highest BCUT2D eigenvalue weighted by Gasteiger charge is 2.22. The molecule has 0 bridgehead atoms. The normalized spacial score (nSPS) is 15.7. The van der Waals surface area contributed by atoms with Crippen LogP contribution in [0.15, 0.2) is 0 Å². The van der Waals surface area contributed by atoms with Gasteiger partial charge in [-0.25, -0.2) is 4.79 Å². The summed E-state index contributed by atoms with van der Waals surface area (Å²) >= 11 is 0. The molecule has 1 rings (SSSR count). The van der Waals surface area contributed by atoms with Crippen molar-refractivity contribution in [3.63, 3.8) is 0 Å². The number of nitrogens with one attached hydrogen (secondary N) is 1. The SMILES string of the molecule is CCOC(=O)NC(=O)CN(CC)CC(=O)N1CCC(C)CC1. The average Bonchev–Trinajstić information content (AvgIpc) is 2.47. The predicted molar refractivity (Wildman–Crippen MR) is 82.3 cm³/mol. The van der Waals surface area contributed by atoms with Gasteiger partial charge in [-0.15, -0.1) is 0 Å². The first-order chi connectivity index (χ1) is 10.5. The highest BCUT2D eigenvalue weighted by molar-refractivity contribution is 5.93. The number of rotatable bonds is 6. The number of hydrogen-bond donors (Lipinski definition) is 1. The van der Waals surface area contributed by atoms with Crippen molar-refractivity contribution >= 4 is 17.9 Å². The van der Waals surface area contributed by atoms with Crippen LogP contribution in [0.3, 0.4) is 0 Å². The minimum Gasteiger partial charge on any atom is -0.450 e. The number of likely N-dealkylation sites (tertiary alicyclic amines) is 1. The van der Waals surface area contributed by atoms with Gasteiger partial charge in [-0.05, 0) is 32.2 Å². The van der Waals surface area contributed by atoms with Crippen molar-refractivity contribution in [3.8, 4) is 0 Å². The molecule has 1 fully saturated rings. The number of hydrogen-bond acceptors (Lipinski definition) is 5. The van der Waals surface area contributed by atoms with E-state index in [0.717, 1.165) is 25.9 Å². The molecule has 1 N–H and O–H groups in total. The molecular weight excluding hydrogens is 286 g/mol. The van der Waals surface area contributed by atoms with E-state index in [1.807, 2.05) is 11.8 Å². The topological polar surface area (TPSA) is 79.0 Å². The number of carbonyl (C=O) groups excluding carboxylic acids is 3. The van der Waals surface area contributed by atoms with Crippen LogP contribution in [0.4, 0.5) is 4.79 Å². The Kier molecular flexibility index (Phi) is 7.87. The summed E-state index contributed by atoms with van der Waals surface area (Å²) in [6, 6.07) is 0. The summed E-state index contributed by atoms with van der Waals surface area (Å²) in [7, 11) is 0. The fourth-order valence-electron chi connectivity index (χ4n) is 2.35. The average molecular weight is 313 g/mol. The first-order valence-corrected chi connectivity index (χ1v) is 7.93. The summed E-state index contributed by atoms with van der Waals surface area (Å²) in [5.41, 5.74) is 0. The lowest BCUT2D eigenvalue weighted by Gasteiger charge is -2.32. The Morgan fingerprint density at radius 2 is 1.82 bits per heavy atom. The number of likely N-dealkylation sites (N-methyl/N-ethyl adjacent to an activating group) is 1. The molecule has 1 aliphatic rings. The number of alkyl carbamates (subject to hydrolysis) is 1. The van der Waals surface area contributed by atoms with Crippen molar-refractivity contribution in [2.24, 2.45) is 5.92 Å². The van der Waals surface area contributed by atoms with Gasteiger partial charge in [-0.1, -0.05) is 13.8 Å². The zero-order valence-electron chi connectivity index (χ0n) is 13.8. The molecule has 22 heavy (non-hydrogen) atoms. The van der Waals surface area contributed by atoms with E-state index in [2.05, 4.69) is 17.0 Å². The smallest absolute Gasteiger partial charge is 0.413 e. The number of amides is 3. The second-order valence-electron chi connectivity index (χ2n) is 5.64. The fourth-order valence-corrected chi connectivity index (χ4v) is 2.35. The minimum atomic E-state index is -0.750. The standard InChI is InChI=1S/C15H27N3O4/c1-4-17(10-13(19)16-15(21)22-5-2)11-14(20)18-8-6-12(3)7-9-18/h12H,4-11H2,1-3H3,(H,16,19,21). The molecule has 0 radical (unpaired) electrons. The largest absolute Gasteiger partial charge is 0.450 e. The lowest BCUT2D eigenvalue weighted by molar-refractivity contribution is -0.134. The summed E-state index contributed by atoms with van der Waals surface area (Å²) in [6.07, 6.45) is 1.31. The summed E-state index contributed by atoms with van der Waals surface area (Å²) < 4.78 is 4.65. The highest BCUT2D eigenvalue weighted by atomic mass is 16.5. The molecule has 126 valence electrons. The lowest BCUT2D eigenvalue weighted by Crippen LogP contribution is -2.47. The molecule has 1 heterocycles. The molecule has 0 unspecified atom stereocenters. The van der Waals surface area contributed by atoms with E-state index in [1.54, 1.807) is 11.8 Å². The summed E-state index contributed by atoms with van der Waals surface area (Å²) in [5, 5.41) is 2.14. The van der Waals surface area contributed by atoms with Crippen LogP contribution in [-0.4, -0.2) is 67.0 Å². The monoisotopic (exact) mass is 313 g/mol. The Bertz CT molecular complexity index is 392. The van der Waals surface area contributed by atoms with E-state index in [0.29, 0.717) is 12.5 Å². The number of piperidine rings is 1. The van der Waals surface area contributed by atoms with Crippen LogP contribution in [0.5, 0.6) is 0 Å². The van der Waals surface area contributed by atoms with Gasteiger partial charge in [-0.2, -0.15) is 0 Å². The molecule has 7 heteroatoms. The predicted octanol–water partition coefficient (Wildman–Crippen LogP) is 0.840. The van der Waals surface area contributed by atoms with Crippen molar-refractivity contribution in [2.45, 2.75) is 33.6 Å². The van der Waals surface area contributed by atoms with Gasteiger partial charge in [0, 0.05) is 13.1 Å². The van der Waals surface area contributed by atoms with E-state index in [4.69, 9.17) is 0 Å². The van der Waals surface area contributed by atoms with Crippen LogP contribution in [0.1, 0.15) is 33.6 Å². The van der Waals surface area contributed by atoms with Gasteiger partial charge in [0.1, 0.15) is 0 Å². The Hall–Kier alpha value is -1.63. The number of imide groups is 1. The van der Waals surface area contributed by atoms with Gasteiger partial charge in [0.15, 0.2) is 0 Å². The maximum atomic E-state index is 12.2. The second kappa shape index (κ2) is 9.40. The van der Waals surface area contributed by atoms with E-state index in [-0.39, 0.29) is 25.6 Å². The third kappa shape index (κ3) is 6.43. The van der Waals surface area contributed by atoms with Crippen molar-refractivity contribution in [2.75, 3.05) is 39.3 Å². The van der Waals surface area contributed by atoms with Crippen LogP contribution in [0, 0.1) is 5.92 Å². The first-order valence-electron chi connectivity index (χ1n) is 7.93. The maximum absolute atomic E-state index is 12.2. The number of nitrogens with zero attached hydrogens (tertiary/aromatic N) is 2. The van der Waals surface area contributed by atoms with Crippen LogP contribution in [-0.2, 0) is 14.3 Å². The van der Waals surface area contributed by atoms with Crippen molar-refractivity contribution in [3.05, 3.63) is 0 Å². The summed E-state index contributed by atoms with van der Waals surface area (Å²) in [4.78, 5) is 38.7. The fraction of sp³-hybridized carbons (Fsp3) is 0.800. The molecule has 1 aliphatic heterocycles. The molecule has 0 aromatic carbocycles. The van der Waals surface area contributed by atoms with Crippen LogP contribution in [0.2, 0.25) is 0 Å². The van der Waals surface area contributed by atoms with Crippen molar-refractivity contribution in [1.29, 1.82) is 0 Å². The zero-order valence-corrected chi connectivity index (χ0v) is 13.8. The molecule has 0 atom stereocenters. The molecule has 1 saturated heterocycles. The quantitative estimate of drug-likeness (QED) is 0.786. The van der Waals surface area contributed by atoms with E-state index < -0.39 is 12.0 Å². The second-order valence-corrected chi connectivity index (χ2v) is 5.64. The molecule has 0 saturated carbocycles. The van der Waals surface area contributed by atoms with Crippen LogP contribution in [0.25, 0.3) is 0 Å². The van der Waals surface area contributed by atoms with E-state index >= 15 is 0 Å². The zero-order chi connectivity index (χ0) is 16.5. The van der Waals surface area contributed by atoms with Crippen molar-refractivity contribution < 1.29 is 19.1 Å². The minimum absolute atomic E-state index is 0.00526. The highest BCUT2D eigenvalue weighted by Crippen LogP contribution is 2.16. The molecule has 0 aromatic heterocycles. The van der Waals surface area contributed by atoms with E-state index in [1.165, 1.54) is 0 Å². The van der Waals surface area contributed by atoms with E-state index in [9.17, 15) is 14.4 Å². The molecule has 0 aliphatic carbocycles. The van der Waals surface area contributed by atoms with Gasteiger partial charge in [0.2, 0.25) is 11.8 Å². The Balaban J connectivity index is 2.39.